The zero-order valence-corrected chi connectivity index (χ0v) is 5.89. The number of pyridine rings is 1. The fourth-order valence-electron chi connectivity index (χ4n) is 0.688. The van der Waals surface area contributed by atoms with Crippen LogP contribution < -0.4 is 5.56 Å². The molecule has 0 aromatic carbocycles. The summed E-state index contributed by atoms with van der Waals surface area (Å²) in [5.74, 6) is -0.662. The van der Waals surface area contributed by atoms with Crippen LogP contribution in [0.1, 0.15) is 5.56 Å². The lowest BCUT2D eigenvalue weighted by Gasteiger charge is -1.97. The molecule has 0 amide bonds. The highest BCUT2D eigenvalue weighted by atomic mass is 19.1. The van der Waals surface area contributed by atoms with Gasteiger partial charge in [0.25, 0.3) is 5.56 Å². The SMILES string of the molecule is Cc1ccn(C)c(=O)c1F. The van der Waals surface area contributed by atoms with Crippen molar-refractivity contribution in [2.24, 2.45) is 7.05 Å². The van der Waals surface area contributed by atoms with Gasteiger partial charge in [-0.05, 0) is 18.6 Å². The number of halogens is 1. The maximum atomic E-state index is 12.7. The van der Waals surface area contributed by atoms with Gasteiger partial charge in [0.1, 0.15) is 0 Å². The smallest absolute Gasteiger partial charge is 0.286 e. The summed E-state index contributed by atoms with van der Waals surface area (Å²) in [5.41, 5.74) is -0.178. The molecule has 0 saturated carbocycles. The van der Waals surface area contributed by atoms with E-state index in [2.05, 4.69) is 0 Å². The topological polar surface area (TPSA) is 22.0 Å². The Balaban J connectivity index is 3.50. The van der Waals surface area contributed by atoms with E-state index >= 15 is 0 Å². The lowest BCUT2D eigenvalue weighted by molar-refractivity contribution is 0.581. The highest BCUT2D eigenvalue weighted by Crippen LogP contribution is 1.96. The van der Waals surface area contributed by atoms with Crippen molar-refractivity contribution in [1.29, 1.82) is 0 Å². The van der Waals surface area contributed by atoms with Crippen molar-refractivity contribution in [3.05, 3.63) is 34.0 Å². The van der Waals surface area contributed by atoms with Crippen molar-refractivity contribution in [1.82, 2.24) is 4.57 Å². The van der Waals surface area contributed by atoms with Crippen LogP contribution in [0, 0.1) is 12.7 Å². The van der Waals surface area contributed by atoms with E-state index in [0.29, 0.717) is 5.56 Å². The molecule has 0 spiro atoms. The minimum Gasteiger partial charge on any atom is -0.316 e. The zero-order chi connectivity index (χ0) is 7.72. The second kappa shape index (κ2) is 2.25. The van der Waals surface area contributed by atoms with E-state index in [4.69, 9.17) is 0 Å². The van der Waals surface area contributed by atoms with Crippen molar-refractivity contribution >= 4 is 0 Å². The number of nitrogens with zero attached hydrogens (tertiary/aromatic N) is 1. The van der Waals surface area contributed by atoms with Crippen molar-refractivity contribution < 1.29 is 4.39 Å². The summed E-state index contributed by atoms with van der Waals surface area (Å²) in [6, 6.07) is 1.57. The minimum absolute atomic E-state index is 0.392. The monoisotopic (exact) mass is 141 g/mol. The Morgan fingerprint density at radius 2 is 2.20 bits per heavy atom. The molecule has 0 unspecified atom stereocenters. The first-order chi connectivity index (χ1) is 4.63. The standard InChI is InChI=1S/C7H8FNO/c1-5-3-4-9(2)7(10)6(5)8/h3-4H,1-2H3. The Bertz CT molecular complexity index is 303. The lowest BCUT2D eigenvalue weighted by atomic mass is 10.3. The average Bonchev–Trinajstić information content (AvgIpc) is 1.93. The molecule has 0 radical (unpaired) electrons. The molecule has 2 nitrogen and oxygen atoms in total. The highest BCUT2D eigenvalue weighted by molar-refractivity contribution is 5.10. The fourth-order valence-corrected chi connectivity index (χ4v) is 0.688. The molecule has 3 heteroatoms. The normalized spacial score (nSPS) is 9.90. The van der Waals surface area contributed by atoms with E-state index in [1.165, 1.54) is 11.6 Å². The van der Waals surface area contributed by atoms with Gasteiger partial charge in [0.15, 0.2) is 5.82 Å². The number of aromatic nitrogens is 1. The summed E-state index contributed by atoms with van der Waals surface area (Å²) in [5, 5.41) is 0. The fraction of sp³-hybridized carbons (Fsp3) is 0.286. The molecule has 0 saturated heterocycles. The van der Waals surface area contributed by atoms with Crippen LogP contribution in [0.2, 0.25) is 0 Å². The number of aryl methyl sites for hydroxylation is 2. The van der Waals surface area contributed by atoms with Gasteiger partial charge in [0.05, 0.1) is 0 Å². The molecule has 0 aliphatic heterocycles. The van der Waals surface area contributed by atoms with Crippen LogP contribution in [0.15, 0.2) is 17.1 Å². The molecule has 0 fully saturated rings. The summed E-state index contributed by atoms with van der Waals surface area (Å²) < 4.78 is 13.9. The molecule has 1 aromatic rings. The molecule has 0 aliphatic carbocycles. The molecule has 0 aliphatic rings. The van der Waals surface area contributed by atoms with Crippen LogP contribution in [0.5, 0.6) is 0 Å². The molecule has 0 N–H and O–H groups in total. The third-order valence-corrected chi connectivity index (χ3v) is 1.40. The Morgan fingerprint density at radius 1 is 1.60 bits per heavy atom. The zero-order valence-electron chi connectivity index (χ0n) is 5.89. The second-order valence-electron chi connectivity index (χ2n) is 2.23. The third-order valence-electron chi connectivity index (χ3n) is 1.40. The minimum atomic E-state index is -0.662. The van der Waals surface area contributed by atoms with Crippen LogP contribution in [0.4, 0.5) is 4.39 Å². The van der Waals surface area contributed by atoms with E-state index in [-0.39, 0.29) is 0 Å². The Hall–Kier alpha value is -1.12. The van der Waals surface area contributed by atoms with E-state index in [0.717, 1.165) is 0 Å². The Labute approximate surface area is 57.9 Å². The number of hydrogen-bond donors (Lipinski definition) is 0. The van der Waals surface area contributed by atoms with Crippen LogP contribution >= 0.6 is 0 Å². The van der Waals surface area contributed by atoms with Gasteiger partial charge in [-0.1, -0.05) is 0 Å². The van der Waals surface area contributed by atoms with Crippen molar-refractivity contribution in [3.63, 3.8) is 0 Å². The largest absolute Gasteiger partial charge is 0.316 e. The second-order valence-corrected chi connectivity index (χ2v) is 2.23. The quantitative estimate of drug-likeness (QED) is 0.524. The van der Waals surface area contributed by atoms with Crippen LogP contribution in [-0.2, 0) is 7.05 Å². The molecular weight excluding hydrogens is 133 g/mol. The van der Waals surface area contributed by atoms with E-state index in [9.17, 15) is 9.18 Å². The van der Waals surface area contributed by atoms with Crippen LogP contribution in [0.25, 0.3) is 0 Å². The summed E-state index contributed by atoms with van der Waals surface area (Å²) in [7, 11) is 1.52. The summed E-state index contributed by atoms with van der Waals surface area (Å²) in [4.78, 5) is 10.8. The van der Waals surface area contributed by atoms with Gasteiger partial charge in [0.2, 0.25) is 0 Å². The molecule has 1 aromatic heterocycles. The number of rotatable bonds is 0. The van der Waals surface area contributed by atoms with Crippen molar-refractivity contribution in [3.8, 4) is 0 Å². The highest BCUT2D eigenvalue weighted by Gasteiger charge is 2.01. The average molecular weight is 141 g/mol. The first kappa shape index (κ1) is 6.99. The van der Waals surface area contributed by atoms with Crippen molar-refractivity contribution in [2.75, 3.05) is 0 Å². The van der Waals surface area contributed by atoms with Gasteiger partial charge < -0.3 is 4.57 Å². The van der Waals surface area contributed by atoms with Crippen LogP contribution in [0.3, 0.4) is 0 Å². The lowest BCUT2D eigenvalue weighted by Crippen LogP contribution is -2.19. The van der Waals surface area contributed by atoms with E-state index in [1.54, 1.807) is 19.2 Å². The maximum absolute atomic E-state index is 12.7. The Kier molecular flexibility index (Phi) is 1.57. The summed E-state index contributed by atoms with van der Waals surface area (Å²) in [6.07, 6.45) is 1.54. The van der Waals surface area contributed by atoms with Gasteiger partial charge in [0, 0.05) is 13.2 Å². The summed E-state index contributed by atoms with van der Waals surface area (Å²) in [6.45, 7) is 1.57. The van der Waals surface area contributed by atoms with Gasteiger partial charge in [-0.2, -0.15) is 0 Å². The van der Waals surface area contributed by atoms with Gasteiger partial charge in [-0.25, -0.2) is 4.39 Å². The van der Waals surface area contributed by atoms with E-state index in [1.807, 2.05) is 0 Å². The van der Waals surface area contributed by atoms with Crippen LogP contribution in [-0.4, -0.2) is 4.57 Å². The number of hydrogen-bond acceptors (Lipinski definition) is 1. The van der Waals surface area contributed by atoms with Crippen molar-refractivity contribution in [2.45, 2.75) is 6.92 Å². The molecule has 1 heterocycles. The van der Waals surface area contributed by atoms with Gasteiger partial charge in [-0.15, -0.1) is 0 Å². The predicted molar refractivity (Wildman–Crippen MR) is 36.4 cm³/mol. The maximum Gasteiger partial charge on any atom is 0.286 e. The van der Waals surface area contributed by atoms with Gasteiger partial charge >= 0.3 is 0 Å². The molecular formula is C7H8FNO. The molecule has 54 valence electrons. The molecule has 0 bridgehead atoms. The Morgan fingerprint density at radius 3 is 2.70 bits per heavy atom. The molecule has 1 rings (SSSR count). The summed E-state index contributed by atoms with van der Waals surface area (Å²) >= 11 is 0. The third kappa shape index (κ3) is 0.943. The first-order valence-electron chi connectivity index (χ1n) is 2.94. The predicted octanol–water partition coefficient (Wildman–Crippen LogP) is 0.833. The first-order valence-corrected chi connectivity index (χ1v) is 2.94. The van der Waals surface area contributed by atoms with Gasteiger partial charge in [-0.3, -0.25) is 4.79 Å². The van der Waals surface area contributed by atoms with E-state index < -0.39 is 11.4 Å². The molecule has 0 atom stereocenters. The molecule has 10 heavy (non-hydrogen) atoms.